The number of halogens is 1. The third-order valence-corrected chi connectivity index (χ3v) is 4.18. The lowest BCUT2D eigenvalue weighted by molar-refractivity contribution is -0.112. The lowest BCUT2D eigenvalue weighted by Crippen LogP contribution is -2.13. The molecule has 0 aliphatic heterocycles. The minimum atomic E-state index is -0.551. The summed E-state index contributed by atoms with van der Waals surface area (Å²) >= 11 is 0. The Morgan fingerprint density at radius 3 is 2.39 bits per heavy atom. The van der Waals surface area contributed by atoms with Gasteiger partial charge in [-0.25, -0.2) is 4.39 Å². The van der Waals surface area contributed by atoms with Crippen molar-refractivity contribution in [2.45, 2.75) is 0 Å². The van der Waals surface area contributed by atoms with Gasteiger partial charge in [-0.3, -0.25) is 4.79 Å². The van der Waals surface area contributed by atoms with Crippen LogP contribution in [0.1, 0.15) is 5.69 Å². The van der Waals surface area contributed by atoms with Crippen molar-refractivity contribution in [3.63, 3.8) is 0 Å². The normalized spacial score (nSPS) is 11.0. The average molecular weight is 374 g/mol. The van der Waals surface area contributed by atoms with Gasteiger partial charge in [0.25, 0.3) is 5.91 Å². The summed E-state index contributed by atoms with van der Waals surface area (Å²) in [5, 5.41) is 12.0. The van der Waals surface area contributed by atoms with Gasteiger partial charge in [-0.1, -0.05) is 0 Å². The van der Waals surface area contributed by atoms with E-state index in [-0.39, 0.29) is 5.57 Å². The van der Waals surface area contributed by atoms with E-state index in [0.717, 1.165) is 11.4 Å². The molecule has 0 saturated heterocycles. The van der Waals surface area contributed by atoms with Crippen molar-refractivity contribution in [2.75, 3.05) is 24.3 Å². The molecule has 0 spiro atoms. The third-order valence-electron chi connectivity index (χ3n) is 4.18. The number of amides is 1. The number of hydrogen-bond donors (Lipinski definition) is 1. The second-order valence-corrected chi connectivity index (χ2v) is 6.34. The maximum absolute atomic E-state index is 13.0. The topological polar surface area (TPSA) is 61.1 Å². The molecular formula is C22H19FN4O. The van der Waals surface area contributed by atoms with Gasteiger partial charge in [0.1, 0.15) is 17.5 Å². The van der Waals surface area contributed by atoms with E-state index in [1.165, 1.54) is 30.3 Å². The number of aromatic nitrogens is 1. The summed E-state index contributed by atoms with van der Waals surface area (Å²) in [5.41, 5.74) is 3.06. The number of carbonyl (C=O) groups is 1. The van der Waals surface area contributed by atoms with Crippen LogP contribution in [0.15, 0.2) is 72.4 Å². The van der Waals surface area contributed by atoms with E-state index < -0.39 is 11.7 Å². The second kappa shape index (κ2) is 8.23. The zero-order valence-corrected chi connectivity index (χ0v) is 15.6. The fraction of sp³-hybridized carbons (Fsp3) is 0.0909. The lowest BCUT2D eigenvalue weighted by Gasteiger charge is -2.14. The van der Waals surface area contributed by atoms with Crippen LogP contribution >= 0.6 is 0 Å². The standard InChI is InChI=1S/C22H19FN4O/c1-26(2)19-9-11-20(12-10-19)27-13-3-4-21(27)14-16(15-24)22(28)25-18-7-5-17(23)6-8-18/h3-14H,1-2H3,(H,25,28)/b16-14-. The van der Waals surface area contributed by atoms with Crippen LogP contribution in [0.4, 0.5) is 15.8 Å². The van der Waals surface area contributed by atoms with Gasteiger partial charge in [0, 0.05) is 43.0 Å². The number of nitrogens with one attached hydrogen (secondary N) is 1. The second-order valence-electron chi connectivity index (χ2n) is 6.34. The fourth-order valence-corrected chi connectivity index (χ4v) is 2.69. The van der Waals surface area contributed by atoms with Crippen molar-refractivity contribution >= 4 is 23.4 Å². The number of anilines is 2. The average Bonchev–Trinajstić information content (AvgIpc) is 3.16. The van der Waals surface area contributed by atoms with E-state index in [1.54, 1.807) is 0 Å². The molecule has 1 heterocycles. The predicted molar refractivity (Wildman–Crippen MR) is 109 cm³/mol. The summed E-state index contributed by atoms with van der Waals surface area (Å²) in [5.74, 6) is -0.947. The largest absolute Gasteiger partial charge is 0.378 e. The summed E-state index contributed by atoms with van der Waals surface area (Å²) in [7, 11) is 3.94. The highest BCUT2D eigenvalue weighted by Gasteiger charge is 2.11. The van der Waals surface area contributed by atoms with E-state index in [0.29, 0.717) is 11.4 Å². The van der Waals surface area contributed by atoms with Crippen LogP contribution in [0.2, 0.25) is 0 Å². The third kappa shape index (κ3) is 4.27. The van der Waals surface area contributed by atoms with Crippen molar-refractivity contribution in [2.24, 2.45) is 0 Å². The molecule has 0 unspecified atom stereocenters. The molecule has 1 N–H and O–H groups in total. The highest BCUT2D eigenvalue weighted by atomic mass is 19.1. The van der Waals surface area contributed by atoms with Crippen LogP contribution in [-0.2, 0) is 4.79 Å². The molecule has 1 aromatic heterocycles. The summed E-state index contributed by atoms with van der Waals surface area (Å²) in [6.07, 6.45) is 3.39. The SMILES string of the molecule is CN(C)c1ccc(-n2cccc2/C=C(/C#N)C(=O)Nc2ccc(F)cc2)cc1. The van der Waals surface area contributed by atoms with Gasteiger partial charge in [-0.15, -0.1) is 0 Å². The molecule has 0 fully saturated rings. The van der Waals surface area contributed by atoms with Crippen molar-refractivity contribution in [3.05, 3.63) is 83.9 Å². The minimum Gasteiger partial charge on any atom is -0.378 e. The van der Waals surface area contributed by atoms with Gasteiger partial charge >= 0.3 is 0 Å². The Morgan fingerprint density at radius 2 is 1.79 bits per heavy atom. The van der Waals surface area contributed by atoms with Crippen LogP contribution < -0.4 is 10.2 Å². The minimum absolute atomic E-state index is 0.0470. The number of hydrogen-bond acceptors (Lipinski definition) is 3. The molecule has 28 heavy (non-hydrogen) atoms. The molecule has 0 atom stereocenters. The van der Waals surface area contributed by atoms with Crippen molar-refractivity contribution in [1.82, 2.24) is 4.57 Å². The molecule has 1 amide bonds. The Balaban J connectivity index is 1.85. The Bertz CT molecular complexity index is 1040. The Morgan fingerprint density at radius 1 is 1.11 bits per heavy atom. The first-order valence-corrected chi connectivity index (χ1v) is 8.62. The van der Waals surface area contributed by atoms with Crippen LogP contribution in [0, 0.1) is 17.1 Å². The van der Waals surface area contributed by atoms with Crippen LogP contribution in [-0.4, -0.2) is 24.6 Å². The van der Waals surface area contributed by atoms with E-state index in [9.17, 15) is 14.4 Å². The number of nitrogens with zero attached hydrogens (tertiary/aromatic N) is 3. The van der Waals surface area contributed by atoms with Gasteiger partial charge in [0.05, 0.1) is 0 Å². The molecule has 6 heteroatoms. The number of benzene rings is 2. The molecule has 140 valence electrons. The molecule has 2 aromatic carbocycles. The van der Waals surface area contributed by atoms with Gasteiger partial charge in [0.15, 0.2) is 0 Å². The summed E-state index contributed by atoms with van der Waals surface area (Å²) < 4.78 is 14.9. The van der Waals surface area contributed by atoms with Gasteiger partial charge in [-0.2, -0.15) is 5.26 Å². The first-order chi connectivity index (χ1) is 13.5. The zero-order chi connectivity index (χ0) is 20.1. The summed E-state index contributed by atoms with van der Waals surface area (Å²) in [6, 6.07) is 18.9. The fourth-order valence-electron chi connectivity index (χ4n) is 2.69. The van der Waals surface area contributed by atoms with Crippen LogP contribution in [0.5, 0.6) is 0 Å². The molecule has 0 aliphatic rings. The number of nitriles is 1. The first kappa shape index (κ1) is 18.9. The molecule has 3 aromatic rings. The molecule has 0 saturated carbocycles. The predicted octanol–water partition coefficient (Wildman–Crippen LogP) is 4.23. The monoisotopic (exact) mass is 374 g/mol. The first-order valence-electron chi connectivity index (χ1n) is 8.62. The molecular weight excluding hydrogens is 355 g/mol. The van der Waals surface area contributed by atoms with Crippen molar-refractivity contribution < 1.29 is 9.18 Å². The Kier molecular flexibility index (Phi) is 5.56. The highest BCUT2D eigenvalue weighted by molar-refractivity contribution is 6.09. The lowest BCUT2D eigenvalue weighted by atomic mass is 10.2. The zero-order valence-electron chi connectivity index (χ0n) is 15.6. The smallest absolute Gasteiger partial charge is 0.266 e. The maximum Gasteiger partial charge on any atom is 0.266 e. The summed E-state index contributed by atoms with van der Waals surface area (Å²) in [4.78, 5) is 14.4. The van der Waals surface area contributed by atoms with Gasteiger partial charge < -0.3 is 14.8 Å². The molecule has 0 radical (unpaired) electrons. The van der Waals surface area contributed by atoms with Crippen molar-refractivity contribution in [1.29, 1.82) is 5.26 Å². The van der Waals surface area contributed by atoms with Crippen LogP contribution in [0.3, 0.4) is 0 Å². The summed E-state index contributed by atoms with van der Waals surface area (Å²) in [6.45, 7) is 0. The number of rotatable bonds is 5. The van der Waals surface area contributed by atoms with Crippen molar-refractivity contribution in [3.8, 4) is 11.8 Å². The highest BCUT2D eigenvalue weighted by Crippen LogP contribution is 2.19. The van der Waals surface area contributed by atoms with E-state index in [2.05, 4.69) is 5.32 Å². The molecule has 0 bridgehead atoms. The quantitative estimate of drug-likeness (QED) is 0.537. The van der Waals surface area contributed by atoms with E-state index >= 15 is 0 Å². The molecule has 5 nitrogen and oxygen atoms in total. The molecule has 0 aliphatic carbocycles. The number of carbonyl (C=O) groups excluding carboxylic acids is 1. The Hall–Kier alpha value is -3.85. The van der Waals surface area contributed by atoms with Crippen LogP contribution in [0.25, 0.3) is 11.8 Å². The van der Waals surface area contributed by atoms with Gasteiger partial charge in [-0.05, 0) is 66.7 Å². The molecule has 3 rings (SSSR count). The Labute approximate surface area is 162 Å². The van der Waals surface area contributed by atoms with E-state index in [4.69, 9.17) is 0 Å². The maximum atomic E-state index is 13.0. The van der Waals surface area contributed by atoms with Gasteiger partial charge in [0.2, 0.25) is 0 Å². The van der Waals surface area contributed by atoms with E-state index in [1.807, 2.05) is 72.2 Å².